The van der Waals surface area contributed by atoms with Gasteiger partial charge in [0.1, 0.15) is 34.3 Å². The molecule has 20 heteroatoms. The summed E-state index contributed by atoms with van der Waals surface area (Å²) in [6, 6.07) is 37.5. The number of aliphatic carboxylic acids is 1. The number of allylic oxidation sites excluding steroid dienone is 1. The summed E-state index contributed by atoms with van der Waals surface area (Å²) in [4.78, 5) is 67.9. The molecule has 0 spiro atoms. The Balaban J connectivity index is 0.000000171. The number of carboxylic acid groups (broad SMARTS) is 1. The maximum absolute atomic E-state index is 13.7. The van der Waals surface area contributed by atoms with Gasteiger partial charge in [-0.05, 0) is 138 Å². The number of nitrogens with zero attached hydrogens (tertiary/aromatic N) is 6. The molecule has 2 aliphatic rings. The molecule has 2 fully saturated rings. The monoisotopic (exact) mass is 1210 g/mol. The predicted octanol–water partition coefficient (Wildman–Crippen LogP) is 14.6. The number of halogens is 6. The average molecular weight is 1210 g/mol. The van der Waals surface area contributed by atoms with Crippen molar-refractivity contribution >= 4 is 57.7 Å². The van der Waals surface area contributed by atoms with Crippen LogP contribution in [0.3, 0.4) is 0 Å². The van der Waals surface area contributed by atoms with Crippen molar-refractivity contribution in [2.75, 3.05) is 26.2 Å². The summed E-state index contributed by atoms with van der Waals surface area (Å²) in [7, 11) is 0. The van der Waals surface area contributed by atoms with E-state index >= 15 is 0 Å². The molecule has 0 radical (unpaired) electrons. The third-order valence-corrected chi connectivity index (χ3v) is 14.9. The number of carbonyl (C=O) groups excluding carboxylic acids is 3. The van der Waals surface area contributed by atoms with E-state index < -0.39 is 17.8 Å². The lowest BCUT2D eigenvalue weighted by atomic mass is 9.98. The standard InChI is InChI=1S/C35H28F3N3O3.C26H22F3N3O2.C8H7NO2/c36-28-7-4-24(5-8-28)31-20-26(32-12-6-25(22-40-32)34(43)41-16-13-35(37,38)14-17-41)18-27-19-30(44-33(27)31)11-10-29(42)9-3-23-2-1-15-39-21-23;27-20-4-1-16(2-5-20)22-13-18(11-19-12-21(14-30)34-24(19)22)23-6-3-17(15-31-23)25(33)32-9-7-26(28,29)8-10-32;10-8(11)4-3-7-2-1-5-9-6-7/h1-9,12,15,18-22H,10-11,13-14,16-17H2;1-6,11-13,15H,7-10,14,30H2;1-6H,(H,10,11)/b9-3+;;4-3+. The van der Waals surface area contributed by atoms with Crippen molar-refractivity contribution in [2.24, 2.45) is 5.73 Å². The molecule has 6 aromatic heterocycles. The number of aryl methyl sites for hydroxylation is 1. The Labute approximate surface area is 506 Å². The zero-order chi connectivity index (χ0) is 62.7. The van der Waals surface area contributed by atoms with Gasteiger partial charge >= 0.3 is 5.97 Å². The lowest BCUT2D eigenvalue weighted by molar-refractivity contribution is -0.131. The smallest absolute Gasteiger partial charge is 0.328 e. The van der Waals surface area contributed by atoms with Crippen molar-refractivity contribution in [2.45, 2.75) is 56.9 Å². The highest BCUT2D eigenvalue weighted by atomic mass is 19.3. The zero-order valence-corrected chi connectivity index (χ0v) is 47.7. The highest BCUT2D eigenvalue weighted by Crippen LogP contribution is 2.38. The van der Waals surface area contributed by atoms with E-state index in [9.17, 15) is 45.5 Å². The minimum Gasteiger partial charge on any atom is -0.478 e. The number of alkyl halides is 4. The molecule has 4 aromatic carbocycles. The number of fused-ring (bicyclic) bond motifs is 2. The summed E-state index contributed by atoms with van der Waals surface area (Å²) < 4.78 is 93.3. The predicted molar refractivity (Wildman–Crippen MR) is 325 cm³/mol. The number of amides is 2. The average Bonchev–Trinajstić information content (AvgIpc) is 1.88. The van der Waals surface area contributed by atoms with E-state index in [-0.39, 0.29) is 94.1 Å². The lowest BCUT2D eigenvalue weighted by Gasteiger charge is -2.31. The SMILES string of the molecule is NCc1cc2cc(-c3ccc(C(=O)N4CCC(F)(F)CC4)cn3)cc(-c3ccc(F)cc3)c2o1.O=C(/C=C/c1cccnc1)CCc1cc2cc(-c3ccc(C(=O)N4CCC(F)(F)CC4)cn3)cc(-c3ccc(F)cc3)c2o1.O=C(O)/C=C/c1cccnc1. The van der Waals surface area contributed by atoms with Crippen LogP contribution in [0, 0.1) is 11.6 Å². The van der Waals surface area contributed by atoms with Crippen molar-refractivity contribution in [3.63, 3.8) is 0 Å². The van der Waals surface area contributed by atoms with Crippen LogP contribution in [0.15, 0.2) is 192 Å². The van der Waals surface area contributed by atoms with E-state index in [1.54, 1.807) is 97.6 Å². The summed E-state index contributed by atoms with van der Waals surface area (Å²) in [5.74, 6) is -6.53. The maximum Gasteiger partial charge on any atom is 0.328 e. The van der Waals surface area contributed by atoms with Crippen LogP contribution in [0.1, 0.15) is 75.5 Å². The second-order valence-electron chi connectivity index (χ2n) is 21.2. The molecule has 8 heterocycles. The van der Waals surface area contributed by atoms with Gasteiger partial charge in [0.2, 0.25) is 0 Å². The molecule has 0 bridgehead atoms. The number of aromatic nitrogens is 4. The van der Waals surface area contributed by atoms with Gasteiger partial charge in [-0.25, -0.2) is 31.1 Å². The summed E-state index contributed by atoms with van der Waals surface area (Å²) in [5, 5.41) is 9.88. The maximum atomic E-state index is 13.7. The minimum absolute atomic E-state index is 0.000492. The summed E-state index contributed by atoms with van der Waals surface area (Å²) in [5.41, 5.74) is 15.1. The molecular formula is C69H57F6N7O7. The molecular weight excluding hydrogens is 1150 g/mol. The van der Waals surface area contributed by atoms with Gasteiger partial charge in [-0.15, -0.1) is 0 Å². The topological polar surface area (TPSA) is 199 Å². The van der Waals surface area contributed by atoms with Gasteiger partial charge in [0.15, 0.2) is 5.78 Å². The first-order valence-corrected chi connectivity index (χ1v) is 28.4. The van der Waals surface area contributed by atoms with Crippen LogP contribution in [0.25, 0.3) is 78.9 Å². The number of pyridine rings is 4. The van der Waals surface area contributed by atoms with E-state index in [1.807, 2.05) is 42.5 Å². The van der Waals surface area contributed by atoms with Crippen LogP contribution in [0.5, 0.6) is 0 Å². The highest BCUT2D eigenvalue weighted by molar-refractivity contribution is 6.00. The number of carbonyl (C=O) groups is 4. The van der Waals surface area contributed by atoms with Gasteiger partial charge in [-0.3, -0.25) is 34.3 Å². The van der Waals surface area contributed by atoms with E-state index in [2.05, 4.69) is 19.9 Å². The molecule has 0 atom stereocenters. The third-order valence-electron chi connectivity index (χ3n) is 14.9. The van der Waals surface area contributed by atoms with Crippen molar-refractivity contribution in [1.29, 1.82) is 0 Å². The van der Waals surface area contributed by atoms with Crippen LogP contribution in [-0.4, -0.2) is 96.4 Å². The van der Waals surface area contributed by atoms with Crippen LogP contribution < -0.4 is 5.73 Å². The first-order chi connectivity index (χ1) is 42.9. The molecule has 2 saturated heterocycles. The van der Waals surface area contributed by atoms with E-state index in [0.717, 1.165) is 61.4 Å². The highest BCUT2D eigenvalue weighted by Gasteiger charge is 2.37. The summed E-state index contributed by atoms with van der Waals surface area (Å²) in [6.45, 7) is 0.288. The molecule has 14 nitrogen and oxygen atoms in total. The first-order valence-electron chi connectivity index (χ1n) is 28.4. The van der Waals surface area contributed by atoms with Gasteiger partial charge in [-0.1, -0.05) is 36.4 Å². The van der Waals surface area contributed by atoms with E-state index in [0.29, 0.717) is 51.6 Å². The Hall–Kier alpha value is -10.3. The van der Waals surface area contributed by atoms with Crippen molar-refractivity contribution in [3.8, 4) is 44.8 Å². The van der Waals surface area contributed by atoms with Gasteiger partial charge in [0.25, 0.3) is 23.7 Å². The molecule has 2 aliphatic heterocycles. The number of furan rings is 2. The second-order valence-corrected chi connectivity index (χ2v) is 21.2. The number of rotatable bonds is 14. The van der Waals surface area contributed by atoms with Crippen LogP contribution >= 0.6 is 0 Å². The number of piperidine rings is 2. The molecule has 2 amide bonds. The fourth-order valence-corrected chi connectivity index (χ4v) is 10.1. The Morgan fingerprint density at radius 1 is 0.539 bits per heavy atom. The van der Waals surface area contributed by atoms with Gasteiger partial charge < -0.3 is 29.5 Å². The second kappa shape index (κ2) is 27.6. The lowest BCUT2D eigenvalue weighted by Crippen LogP contribution is -2.42. The van der Waals surface area contributed by atoms with Crippen molar-refractivity contribution < 1.29 is 59.5 Å². The number of benzene rings is 4. The first kappa shape index (κ1) is 61.7. The largest absolute Gasteiger partial charge is 0.478 e. The van der Waals surface area contributed by atoms with Crippen LogP contribution in [0.2, 0.25) is 0 Å². The molecule has 0 aliphatic carbocycles. The Morgan fingerprint density at radius 2 is 0.978 bits per heavy atom. The van der Waals surface area contributed by atoms with E-state index in [4.69, 9.17) is 19.7 Å². The molecule has 12 rings (SSSR count). The van der Waals surface area contributed by atoms with Crippen molar-refractivity contribution in [3.05, 3.63) is 228 Å². The number of carboxylic acids is 1. The Bertz CT molecular complexity index is 4180. The number of likely N-dealkylation sites (tertiary alicyclic amines) is 2. The van der Waals surface area contributed by atoms with E-state index in [1.165, 1.54) is 58.6 Å². The number of ketones is 1. The van der Waals surface area contributed by atoms with Crippen LogP contribution in [-0.2, 0) is 22.6 Å². The third kappa shape index (κ3) is 16.0. The molecule has 452 valence electrons. The number of hydrogen-bond acceptors (Lipinski definition) is 11. The number of nitrogens with two attached hydrogens (primary N) is 1. The van der Waals surface area contributed by atoms with Crippen molar-refractivity contribution in [1.82, 2.24) is 29.7 Å². The van der Waals surface area contributed by atoms with Gasteiger partial charge in [0, 0.05) is 141 Å². The fourth-order valence-electron chi connectivity index (χ4n) is 10.1. The molecule has 3 N–H and O–H groups in total. The molecule has 0 saturated carbocycles. The Kier molecular flexibility index (Phi) is 19.1. The molecule has 89 heavy (non-hydrogen) atoms. The number of hydrogen-bond donors (Lipinski definition) is 2. The van der Waals surface area contributed by atoms with Gasteiger partial charge in [-0.2, -0.15) is 0 Å². The summed E-state index contributed by atoms with van der Waals surface area (Å²) in [6.07, 6.45) is 14.6. The fraction of sp³-hybridized carbons (Fsp3) is 0.188. The molecule has 0 unspecified atom stereocenters. The van der Waals surface area contributed by atoms with Crippen LogP contribution in [0.4, 0.5) is 26.3 Å². The quantitative estimate of drug-likeness (QED) is 0.0772. The van der Waals surface area contributed by atoms with Gasteiger partial charge in [0.05, 0.1) is 29.1 Å². The Morgan fingerprint density at radius 3 is 1.38 bits per heavy atom. The molecule has 10 aromatic rings. The zero-order valence-electron chi connectivity index (χ0n) is 47.7. The summed E-state index contributed by atoms with van der Waals surface area (Å²) >= 11 is 0. The normalized spacial score (nSPS) is 14.5. The minimum atomic E-state index is -2.74.